The summed E-state index contributed by atoms with van der Waals surface area (Å²) in [6, 6.07) is 3.57. The third-order valence-corrected chi connectivity index (χ3v) is 2.79. The first-order valence-corrected chi connectivity index (χ1v) is 5.85. The van der Waals surface area contributed by atoms with Crippen LogP contribution in [0.2, 0.25) is 0 Å². The quantitative estimate of drug-likeness (QED) is 0.835. The van der Waals surface area contributed by atoms with Crippen LogP contribution in [0.1, 0.15) is 23.7 Å². The number of rotatable bonds is 3. The molecular formula is C12H17N3O2. The molecule has 2 N–H and O–H groups in total. The minimum atomic E-state index is -0.0468. The normalized spacial score (nSPS) is 19.4. The first kappa shape index (κ1) is 11.9. The molecule has 0 spiro atoms. The third-order valence-electron chi connectivity index (χ3n) is 2.79. The highest BCUT2D eigenvalue weighted by Gasteiger charge is 2.26. The van der Waals surface area contributed by atoms with Gasteiger partial charge in [0.2, 0.25) is 5.88 Å². The van der Waals surface area contributed by atoms with Crippen LogP contribution >= 0.6 is 0 Å². The average Bonchev–Trinajstić information content (AvgIpc) is 2.76. The lowest BCUT2D eigenvalue weighted by Gasteiger charge is -2.17. The average molecular weight is 235 g/mol. The van der Waals surface area contributed by atoms with E-state index in [9.17, 15) is 4.79 Å². The number of amides is 1. The summed E-state index contributed by atoms with van der Waals surface area (Å²) in [5.74, 6) is 0.356. The van der Waals surface area contributed by atoms with E-state index in [1.54, 1.807) is 23.2 Å². The number of aromatic nitrogens is 1. The van der Waals surface area contributed by atoms with Gasteiger partial charge in [0.15, 0.2) is 0 Å². The lowest BCUT2D eigenvalue weighted by atomic mass is 10.2. The van der Waals surface area contributed by atoms with Crippen molar-refractivity contribution in [2.24, 2.45) is 5.73 Å². The van der Waals surface area contributed by atoms with Crippen molar-refractivity contribution < 1.29 is 9.53 Å². The summed E-state index contributed by atoms with van der Waals surface area (Å²) in [5.41, 5.74) is 6.31. The van der Waals surface area contributed by atoms with Gasteiger partial charge >= 0.3 is 0 Å². The number of likely N-dealkylation sites (tertiary alicyclic amines) is 1. The number of ether oxygens (including phenoxy) is 1. The molecule has 92 valence electrons. The van der Waals surface area contributed by atoms with Crippen molar-refractivity contribution in [3.8, 4) is 5.88 Å². The van der Waals surface area contributed by atoms with Crippen molar-refractivity contribution in [3.63, 3.8) is 0 Å². The van der Waals surface area contributed by atoms with E-state index in [-0.39, 0.29) is 11.9 Å². The zero-order chi connectivity index (χ0) is 12.3. The highest BCUT2D eigenvalue weighted by molar-refractivity contribution is 5.96. The molecule has 0 radical (unpaired) electrons. The Hall–Kier alpha value is -1.62. The van der Waals surface area contributed by atoms with Crippen molar-refractivity contribution in [3.05, 3.63) is 23.9 Å². The van der Waals surface area contributed by atoms with Gasteiger partial charge in [0.05, 0.1) is 6.61 Å². The molecule has 1 fully saturated rings. The van der Waals surface area contributed by atoms with E-state index in [1.165, 1.54) is 0 Å². The summed E-state index contributed by atoms with van der Waals surface area (Å²) < 4.78 is 5.35. The van der Waals surface area contributed by atoms with Gasteiger partial charge in [0.1, 0.15) is 5.56 Å². The standard InChI is InChI=1S/C12H17N3O2/c1-2-17-11-10(4-3-6-14-11)12(16)15-7-5-9(13)8-15/h3-4,6,9H,2,5,7-8,13H2,1H3/t9-/m0/s1. The second-order valence-corrected chi connectivity index (χ2v) is 4.09. The van der Waals surface area contributed by atoms with E-state index in [2.05, 4.69) is 4.98 Å². The van der Waals surface area contributed by atoms with Gasteiger partial charge in [-0.15, -0.1) is 0 Å². The molecule has 1 aromatic rings. The number of carbonyl (C=O) groups excluding carboxylic acids is 1. The molecule has 1 saturated heterocycles. The van der Waals surface area contributed by atoms with Crippen LogP contribution in [-0.4, -0.2) is 41.5 Å². The number of hydrogen-bond donors (Lipinski definition) is 1. The van der Waals surface area contributed by atoms with Gasteiger partial charge in [0.25, 0.3) is 5.91 Å². The molecule has 17 heavy (non-hydrogen) atoms. The van der Waals surface area contributed by atoms with E-state index in [1.807, 2.05) is 6.92 Å². The molecule has 1 amide bonds. The predicted molar refractivity (Wildman–Crippen MR) is 63.9 cm³/mol. The Morgan fingerprint density at radius 2 is 2.53 bits per heavy atom. The predicted octanol–water partition coefficient (Wildman–Crippen LogP) is 0.654. The van der Waals surface area contributed by atoms with Gasteiger partial charge < -0.3 is 15.4 Å². The van der Waals surface area contributed by atoms with Crippen LogP contribution in [0.15, 0.2) is 18.3 Å². The van der Waals surface area contributed by atoms with Crippen LogP contribution in [0.3, 0.4) is 0 Å². The van der Waals surface area contributed by atoms with E-state index in [4.69, 9.17) is 10.5 Å². The fraction of sp³-hybridized carbons (Fsp3) is 0.500. The molecule has 0 saturated carbocycles. The summed E-state index contributed by atoms with van der Waals surface area (Å²) in [7, 11) is 0. The number of nitrogens with zero attached hydrogens (tertiary/aromatic N) is 2. The van der Waals surface area contributed by atoms with Gasteiger partial charge in [-0.05, 0) is 25.5 Å². The summed E-state index contributed by atoms with van der Waals surface area (Å²) in [6.45, 7) is 3.69. The summed E-state index contributed by atoms with van der Waals surface area (Å²) in [6.07, 6.45) is 2.48. The van der Waals surface area contributed by atoms with Crippen LogP contribution in [0.5, 0.6) is 5.88 Å². The smallest absolute Gasteiger partial charge is 0.259 e. The van der Waals surface area contributed by atoms with Crippen LogP contribution < -0.4 is 10.5 Å². The molecule has 2 heterocycles. The maximum absolute atomic E-state index is 12.2. The minimum Gasteiger partial charge on any atom is -0.477 e. The van der Waals surface area contributed by atoms with Crippen molar-refractivity contribution in [1.82, 2.24) is 9.88 Å². The molecule has 2 rings (SSSR count). The monoisotopic (exact) mass is 235 g/mol. The summed E-state index contributed by atoms with van der Waals surface area (Å²) in [5, 5.41) is 0. The van der Waals surface area contributed by atoms with Crippen LogP contribution in [0, 0.1) is 0 Å². The molecule has 1 aromatic heterocycles. The fourth-order valence-corrected chi connectivity index (χ4v) is 1.95. The number of nitrogens with two attached hydrogens (primary N) is 1. The van der Waals surface area contributed by atoms with Crippen molar-refractivity contribution in [1.29, 1.82) is 0 Å². The largest absolute Gasteiger partial charge is 0.477 e. The van der Waals surface area contributed by atoms with Gasteiger partial charge in [0, 0.05) is 25.3 Å². The molecule has 0 aromatic carbocycles. The summed E-state index contributed by atoms with van der Waals surface area (Å²) >= 11 is 0. The van der Waals surface area contributed by atoms with Crippen LogP contribution in [0.4, 0.5) is 0 Å². The van der Waals surface area contributed by atoms with Gasteiger partial charge in [-0.3, -0.25) is 4.79 Å². The molecule has 1 aliphatic heterocycles. The van der Waals surface area contributed by atoms with Crippen molar-refractivity contribution in [2.75, 3.05) is 19.7 Å². The van der Waals surface area contributed by atoms with Gasteiger partial charge in [-0.1, -0.05) is 0 Å². The van der Waals surface area contributed by atoms with E-state index < -0.39 is 0 Å². The Bertz CT molecular complexity index is 408. The zero-order valence-corrected chi connectivity index (χ0v) is 9.93. The second-order valence-electron chi connectivity index (χ2n) is 4.09. The molecular weight excluding hydrogens is 218 g/mol. The molecule has 5 nitrogen and oxygen atoms in total. The fourth-order valence-electron chi connectivity index (χ4n) is 1.95. The molecule has 1 atom stereocenters. The van der Waals surface area contributed by atoms with E-state index in [0.29, 0.717) is 31.1 Å². The minimum absolute atomic E-state index is 0.0468. The number of pyridine rings is 1. The summed E-state index contributed by atoms with van der Waals surface area (Å²) in [4.78, 5) is 18.1. The SMILES string of the molecule is CCOc1ncccc1C(=O)N1CC[C@H](N)C1. The first-order valence-electron chi connectivity index (χ1n) is 5.85. The number of hydrogen-bond acceptors (Lipinski definition) is 4. The Kier molecular flexibility index (Phi) is 3.58. The lowest BCUT2D eigenvalue weighted by Crippen LogP contribution is -2.32. The first-order chi connectivity index (χ1) is 8.22. The Morgan fingerprint density at radius 3 is 3.18 bits per heavy atom. The highest BCUT2D eigenvalue weighted by atomic mass is 16.5. The molecule has 5 heteroatoms. The highest BCUT2D eigenvalue weighted by Crippen LogP contribution is 2.19. The number of carbonyl (C=O) groups is 1. The van der Waals surface area contributed by atoms with Crippen LogP contribution in [0.25, 0.3) is 0 Å². The topological polar surface area (TPSA) is 68.5 Å². The third kappa shape index (κ3) is 2.55. The Balaban J connectivity index is 2.18. The zero-order valence-electron chi connectivity index (χ0n) is 9.93. The van der Waals surface area contributed by atoms with Crippen LogP contribution in [-0.2, 0) is 0 Å². The Morgan fingerprint density at radius 1 is 1.71 bits per heavy atom. The molecule has 1 aliphatic rings. The van der Waals surface area contributed by atoms with E-state index >= 15 is 0 Å². The van der Waals surface area contributed by atoms with Gasteiger partial charge in [-0.2, -0.15) is 0 Å². The van der Waals surface area contributed by atoms with Gasteiger partial charge in [-0.25, -0.2) is 4.98 Å². The van der Waals surface area contributed by atoms with Crippen molar-refractivity contribution >= 4 is 5.91 Å². The maximum Gasteiger partial charge on any atom is 0.259 e. The molecule has 0 unspecified atom stereocenters. The second kappa shape index (κ2) is 5.14. The molecule has 0 aliphatic carbocycles. The Labute approximate surface area is 101 Å². The lowest BCUT2D eigenvalue weighted by molar-refractivity contribution is 0.0785. The maximum atomic E-state index is 12.2. The molecule has 0 bridgehead atoms. The van der Waals surface area contributed by atoms with Crippen molar-refractivity contribution in [2.45, 2.75) is 19.4 Å². The van der Waals surface area contributed by atoms with E-state index in [0.717, 1.165) is 6.42 Å².